The van der Waals surface area contributed by atoms with Crippen molar-refractivity contribution in [3.05, 3.63) is 34.1 Å². The molecule has 84 valence electrons. The molecule has 0 bridgehead atoms. The van der Waals surface area contributed by atoms with Gasteiger partial charge in [0.15, 0.2) is 0 Å². The van der Waals surface area contributed by atoms with Crippen molar-refractivity contribution in [2.45, 2.75) is 13.5 Å². The van der Waals surface area contributed by atoms with Gasteiger partial charge < -0.3 is 0 Å². The third-order valence-corrected chi connectivity index (χ3v) is 3.71. The largest absolute Gasteiger partial charge is 0.212 e. The summed E-state index contributed by atoms with van der Waals surface area (Å²) in [4.78, 5) is 0. The topological polar surface area (TPSA) is 46.2 Å². The molecule has 15 heavy (non-hydrogen) atoms. The third kappa shape index (κ3) is 3.89. The van der Waals surface area contributed by atoms with Gasteiger partial charge in [0.2, 0.25) is 10.0 Å². The number of halogens is 2. The predicted molar refractivity (Wildman–Crippen MR) is 60.4 cm³/mol. The number of sulfonamides is 1. The summed E-state index contributed by atoms with van der Waals surface area (Å²) >= 11 is 3.19. The highest BCUT2D eigenvalue weighted by Gasteiger charge is 2.08. The first kappa shape index (κ1) is 12.6. The van der Waals surface area contributed by atoms with Crippen LogP contribution in [0.25, 0.3) is 0 Å². The van der Waals surface area contributed by atoms with Gasteiger partial charge in [-0.25, -0.2) is 17.5 Å². The van der Waals surface area contributed by atoms with E-state index in [9.17, 15) is 12.8 Å². The van der Waals surface area contributed by atoms with Crippen LogP contribution in [-0.2, 0) is 16.6 Å². The standard InChI is InChI=1S/C9H11BrFNO2S/c1-2-15(13,14)12-6-7-5-8(10)3-4-9(7)11/h3-5,12H,2,6H2,1H3. The lowest BCUT2D eigenvalue weighted by atomic mass is 10.2. The van der Waals surface area contributed by atoms with Crippen molar-refractivity contribution in [1.82, 2.24) is 4.72 Å². The lowest BCUT2D eigenvalue weighted by Crippen LogP contribution is -2.25. The Kier molecular flexibility index (Phi) is 4.24. The van der Waals surface area contributed by atoms with Crippen molar-refractivity contribution in [1.29, 1.82) is 0 Å². The van der Waals surface area contributed by atoms with Gasteiger partial charge in [0, 0.05) is 16.6 Å². The second-order valence-corrected chi connectivity index (χ2v) is 5.97. The van der Waals surface area contributed by atoms with Gasteiger partial charge >= 0.3 is 0 Å². The molecule has 1 aromatic carbocycles. The fraction of sp³-hybridized carbons (Fsp3) is 0.333. The first-order chi connectivity index (χ1) is 6.94. The van der Waals surface area contributed by atoms with Crippen LogP contribution in [-0.4, -0.2) is 14.2 Å². The zero-order valence-corrected chi connectivity index (χ0v) is 10.5. The van der Waals surface area contributed by atoms with E-state index in [1.54, 1.807) is 12.1 Å². The minimum Gasteiger partial charge on any atom is -0.212 e. The number of hydrogen-bond donors (Lipinski definition) is 1. The van der Waals surface area contributed by atoms with Crippen LogP contribution in [0.2, 0.25) is 0 Å². The van der Waals surface area contributed by atoms with Gasteiger partial charge in [-0.05, 0) is 25.1 Å². The van der Waals surface area contributed by atoms with Gasteiger partial charge in [0.05, 0.1) is 5.75 Å². The Balaban J connectivity index is 2.78. The molecule has 0 atom stereocenters. The van der Waals surface area contributed by atoms with Crippen molar-refractivity contribution >= 4 is 26.0 Å². The van der Waals surface area contributed by atoms with E-state index < -0.39 is 15.8 Å². The Hall–Kier alpha value is -0.460. The maximum atomic E-state index is 13.2. The first-order valence-electron chi connectivity index (χ1n) is 4.36. The Morgan fingerprint density at radius 3 is 2.73 bits per heavy atom. The molecule has 0 aliphatic rings. The van der Waals surface area contributed by atoms with Crippen LogP contribution >= 0.6 is 15.9 Å². The lowest BCUT2D eigenvalue weighted by Gasteiger charge is -2.05. The van der Waals surface area contributed by atoms with E-state index in [-0.39, 0.29) is 12.3 Å². The van der Waals surface area contributed by atoms with Crippen molar-refractivity contribution in [3.8, 4) is 0 Å². The Labute approximate surface area is 96.9 Å². The molecule has 0 unspecified atom stereocenters. The quantitative estimate of drug-likeness (QED) is 0.924. The molecule has 0 radical (unpaired) electrons. The molecule has 1 rings (SSSR count). The predicted octanol–water partition coefficient (Wildman–Crippen LogP) is 2.03. The minimum atomic E-state index is -3.28. The molecule has 0 saturated heterocycles. The number of benzene rings is 1. The average Bonchev–Trinajstić information content (AvgIpc) is 2.20. The van der Waals surface area contributed by atoms with E-state index in [1.165, 1.54) is 13.0 Å². The Morgan fingerprint density at radius 2 is 2.13 bits per heavy atom. The van der Waals surface area contributed by atoms with Gasteiger partial charge in [0.1, 0.15) is 5.82 Å². The SMILES string of the molecule is CCS(=O)(=O)NCc1cc(Br)ccc1F. The molecule has 0 spiro atoms. The first-order valence-corrected chi connectivity index (χ1v) is 6.80. The summed E-state index contributed by atoms with van der Waals surface area (Å²) in [6.07, 6.45) is 0. The van der Waals surface area contributed by atoms with Crippen molar-refractivity contribution in [2.24, 2.45) is 0 Å². The van der Waals surface area contributed by atoms with Gasteiger partial charge in [-0.2, -0.15) is 0 Å². The molecule has 0 heterocycles. The summed E-state index contributed by atoms with van der Waals surface area (Å²) in [6.45, 7) is 1.50. The Morgan fingerprint density at radius 1 is 1.47 bits per heavy atom. The van der Waals surface area contributed by atoms with Crippen molar-refractivity contribution < 1.29 is 12.8 Å². The van der Waals surface area contributed by atoms with Crippen molar-refractivity contribution in [3.63, 3.8) is 0 Å². The highest BCUT2D eigenvalue weighted by molar-refractivity contribution is 9.10. The molecule has 0 aromatic heterocycles. The van der Waals surface area contributed by atoms with Crippen LogP contribution in [0.3, 0.4) is 0 Å². The maximum Gasteiger partial charge on any atom is 0.211 e. The van der Waals surface area contributed by atoms with E-state index in [0.717, 1.165) is 4.47 Å². The van der Waals surface area contributed by atoms with E-state index in [4.69, 9.17) is 0 Å². The monoisotopic (exact) mass is 295 g/mol. The molecule has 1 N–H and O–H groups in total. The van der Waals surface area contributed by atoms with Crippen molar-refractivity contribution in [2.75, 3.05) is 5.75 Å². The summed E-state index contributed by atoms with van der Waals surface area (Å²) in [6, 6.07) is 4.40. The van der Waals surface area contributed by atoms with Gasteiger partial charge in [-0.15, -0.1) is 0 Å². The maximum absolute atomic E-state index is 13.2. The zero-order valence-electron chi connectivity index (χ0n) is 8.13. The Bertz CT molecular complexity index is 447. The molecule has 0 aliphatic carbocycles. The summed E-state index contributed by atoms with van der Waals surface area (Å²) < 4.78 is 38.5. The van der Waals surface area contributed by atoms with Crippen LogP contribution < -0.4 is 4.72 Å². The van der Waals surface area contributed by atoms with Crippen LogP contribution in [0.4, 0.5) is 4.39 Å². The lowest BCUT2D eigenvalue weighted by molar-refractivity contribution is 0.575. The van der Waals surface area contributed by atoms with Crippen LogP contribution in [0.1, 0.15) is 12.5 Å². The summed E-state index contributed by atoms with van der Waals surface area (Å²) in [7, 11) is -3.28. The number of rotatable bonds is 4. The molecule has 6 heteroatoms. The fourth-order valence-electron chi connectivity index (χ4n) is 0.969. The zero-order chi connectivity index (χ0) is 11.5. The second kappa shape index (κ2) is 5.05. The fourth-order valence-corrected chi connectivity index (χ4v) is 1.96. The third-order valence-electron chi connectivity index (χ3n) is 1.87. The van der Waals surface area contributed by atoms with Gasteiger partial charge in [-0.1, -0.05) is 15.9 Å². The molecular weight excluding hydrogens is 285 g/mol. The van der Waals surface area contributed by atoms with Crippen LogP contribution in [0, 0.1) is 5.82 Å². The summed E-state index contributed by atoms with van der Waals surface area (Å²) in [5.41, 5.74) is 0.321. The van der Waals surface area contributed by atoms with E-state index in [1.807, 2.05) is 0 Å². The molecule has 3 nitrogen and oxygen atoms in total. The van der Waals surface area contributed by atoms with Gasteiger partial charge in [0.25, 0.3) is 0 Å². The van der Waals surface area contributed by atoms with E-state index >= 15 is 0 Å². The molecule has 0 aliphatic heterocycles. The molecule has 0 saturated carbocycles. The molecule has 0 amide bonds. The smallest absolute Gasteiger partial charge is 0.211 e. The molecule has 0 fully saturated rings. The number of nitrogens with one attached hydrogen (secondary N) is 1. The molecule has 1 aromatic rings. The van der Waals surface area contributed by atoms with Gasteiger partial charge in [-0.3, -0.25) is 0 Å². The minimum absolute atomic E-state index is 0.0113. The highest BCUT2D eigenvalue weighted by atomic mass is 79.9. The summed E-state index contributed by atoms with van der Waals surface area (Å²) in [5.74, 6) is -0.431. The highest BCUT2D eigenvalue weighted by Crippen LogP contribution is 2.15. The number of hydrogen-bond acceptors (Lipinski definition) is 2. The average molecular weight is 296 g/mol. The summed E-state index contributed by atoms with van der Waals surface area (Å²) in [5, 5.41) is 0. The van der Waals surface area contributed by atoms with Crippen LogP contribution in [0.5, 0.6) is 0 Å². The normalized spacial score (nSPS) is 11.7. The van der Waals surface area contributed by atoms with Crippen LogP contribution in [0.15, 0.2) is 22.7 Å². The molecular formula is C9H11BrFNO2S. The van der Waals surface area contributed by atoms with E-state index in [2.05, 4.69) is 20.7 Å². The second-order valence-electron chi connectivity index (χ2n) is 2.96. The van der Waals surface area contributed by atoms with E-state index in [0.29, 0.717) is 5.56 Å².